The van der Waals surface area contributed by atoms with Crippen LogP contribution in [0.15, 0.2) is 24.4 Å². The van der Waals surface area contributed by atoms with Gasteiger partial charge >= 0.3 is 0 Å². The summed E-state index contributed by atoms with van der Waals surface area (Å²) in [7, 11) is -3.21. The summed E-state index contributed by atoms with van der Waals surface area (Å²) in [5, 5.41) is 0. The van der Waals surface area contributed by atoms with Crippen LogP contribution in [0.25, 0.3) is 0 Å². The minimum atomic E-state index is -3.21. The summed E-state index contributed by atoms with van der Waals surface area (Å²) in [5.74, 6) is -0.0476. The molecule has 4 rings (SSSR count). The molecule has 1 amide bonds. The maximum Gasteiger partial charge on any atom is 0.272 e. The Bertz CT molecular complexity index is 786. The highest BCUT2D eigenvalue weighted by atomic mass is 32.2. The molecule has 8 heteroatoms. The van der Waals surface area contributed by atoms with Crippen LogP contribution in [0.4, 0.5) is 0 Å². The largest absolute Gasteiger partial charge is 0.375 e. The van der Waals surface area contributed by atoms with E-state index in [9.17, 15) is 13.2 Å². The third kappa shape index (κ3) is 4.02. The summed E-state index contributed by atoms with van der Waals surface area (Å²) >= 11 is 0. The Morgan fingerprint density at radius 1 is 1.22 bits per heavy atom. The van der Waals surface area contributed by atoms with Gasteiger partial charge in [-0.15, -0.1) is 0 Å². The predicted molar refractivity (Wildman–Crippen MR) is 101 cm³/mol. The fraction of sp³-hybridized carbons (Fsp3) is 0.684. The van der Waals surface area contributed by atoms with Crippen molar-refractivity contribution in [2.24, 2.45) is 0 Å². The van der Waals surface area contributed by atoms with Gasteiger partial charge in [0.1, 0.15) is 5.69 Å². The van der Waals surface area contributed by atoms with Crippen molar-refractivity contribution in [1.29, 1.82) is 0 Å². The molecule has 3 heterocycles. The first-order valence-electron chi connectivity index (χ1n) is 9.71. The van der Waals surface area contributed by atoms with Crippen LogP contribution in [-0.4, -0.2) is 72.2 Å². The summed E-state index contributed by atoms with van der Waals surface area (Å²) < 4.78 is 32.5. The van der Waals surface area contributed by atoms with Crippen molar-refractivity contribution in [3.05, 3.63) is 30.1 Å². The van der Waals surface area contributed by atoms with Crippen LogP contribution in [0.1, 0.15) is 49.0 Å². The molecule has 0 aromatic carbocycles. The number of pyridine rings is 1. The molecule has 1 unspecified atom stereocenters. The summed E-state index contributed by atoms with van der Waals surface area (Å²) in [6.45, 7) is 1.81. The van der Waals surface area contributed by atoms with Crippen LogP contribution in [0.3, 0.4) is 0 Å². The first kappa shape index (κ1) is 18.8. The number of amides is 1. The van der Waals surface area contributed by atoms with Crippen molar-refractivity contribution in [1.82, 2.24) is 14.2 Å². The second-order valence-corrected chi connectivity index (χ2v) is 9.90. The SMILES string of the molecule is CS(=O)(=O)N(C1CC1)C1CCOC2(CCN(C(=O)c3ccccn3)CC2)C1. The van der Waals surface area contributed by atoms with E-state index in [0.717, 1.165) is 38.5 Å². The summed E-state index contributed by atoms with van der Waals surface area (Å²) in [6.07, 6.45) is 7.83. The van der Waals surface area contributed by atoms with Crippen LogP contribution in [0.5, 0.6) is 0 Å². The van der Waals surface area contributed by atoms with Crippen molar-refractivity contribution >= 4 is 15.9 Å². The first-order valence-corrected chi connectivity index (χ1v) is 11.6. The van der Waals surface area contributed by atoms with Gasteiger partial charge in [-0.1, -0.05) is 6.07 Å². The highest BCUT2D eigenvalue weighted by Crippen LogP contribution is 2.41. The summed E-state index contributed by atoms with van der Waals surface area (Å²) in [6, 6.07) is 5.54. The summed E-state index contributed by atoms with van der Waals surface area (Å²) in [4.78, 5) is 18.6. The van der Waals surface area contributed by atoms with Crippen molar-refractivity contribution in [2.45, 2.75) is 56.2 Å². The number of ether oxygens (including phenoxy) is 1. The lowest BCUT2D eigenvalue weighted by atomic mass is 9.82. The molecule has 1 aromatic heterocycles. The van der Waals surface area contributed by atoms with Gasteiger partial charge in [-0.25, -0.2) is 8.42 Å². The van der Waals surface area contributed by atoms with E-state index in [1.54, 1.807) is 22.6 Å². The number of hydrogen-bond acceptors (Lipinski definition) is 5. The van der Waals surface area contributed by atoms with Crippen molar-refractivity contribution in [3.63, 3.8) is 0 Å². The minimum absolute atomic E-state index is 0.0132. The van der Waals surface area contributed by atoms with E-state index in [4.69, 9.17) is 4.74 Å². The standard InChI is InChI=1S/C19H27N3O4S/c1-27(24,25)22(15-5-6-15)16-7-13-26-19(14-16)8-11-21(12-9-19)18(23)17-4-2-3-10-20-17/h2-4,10,15-16H,5-9,11-14H2,1H3. The number of aromatic nitrogens is 1. The number of likely N-dealkylation sites (tertiary alicyclic amines) is 1. The average molecular weight is 394 g/mol. The minimum Gasteiger partial charge on any atom is -0.375 e. The van der Waals surface area contributed by atoms with Gasteiger partial charge in [-0.05, 0) is 50.7 Å². The topological polar surface area (TPSA) is 79.8 Å². The second-order valence-electron chi connectivity index (χ2n) is 8.01. The maximum atomic E-state index is 12.6. The maximum absolute atomic E-state index is 12.6. The molecular formula is C19H27N3O4S. The molecular weight excluding hydrogens is 366 g/mol. The van der Waals surface area contributed by atoms with Gasteiger partial charge in [0.15, 0.2) is 0 Å². The number of piperidine rings is 1. The number of carbonyl (C=O) groups is 1. The number of nitrogens with zero attached hydrogens (tertiary/aromatic N) is 3. The Morgan fingerprint density at radius 2 is 1.96 bits per heavy atom. The molecule has 3 fully saturated rings. The van der Waals surface area contributed by atoms with Crippen LogP contribution in [0.2, 0.25) is 0 Å². The zero-order valence-electron chi connectivity index (χ0n) is 15.7. The van der Waals surface area contributed by atoms with Gasteiger partial charge in [-0.2, -0.15) is 4.31 Å². The molecule has 2 saturated heterocycles. The Kier molecular flexibility index (Phi) is 4.98. The van der Waals surface area contributed by atoms with E-state index in [2.05, 4.69) is 4.98 Å². The van der Waals surface area contributed by atoms with E-state index in [0.29, 0.717) is 25.4 Å². The van der Waals surface area contributed by atoms with Crippen LogP contribution >= 0.6 is 0 Å². The molecule has 148 valence electrons. The Hall–Kier alpha value is -1.51. The molecule has 1 aliphatic carbocycles. The lowest BCUT2D eigenvalue weighted by Crippen LogP contribution is -2.55. The van der Waals surface area contributed by atoms with Crippen LogP contribution in [0, 0.1) is 0 Å². The third-order valence-electron chi connectivity index (χ3n) is 5.96. The smallest absolute Gasteiger partial charge is 0.272 e. The third-order valence-corrected chi connectivity index (χ3v) is 7.32. The molecule has 0 bridgehead atoms. The van der Waals surface area contributed by atoms with Crippen LogP contribution in [-0.2, 0) is 14.8 Å². The number of hydrogen-bond donors (Lipinski definition) is 0. The fourth-order valence-corrected chi connectivity index (χ4v) is 5.98. The molecule has 1 saturated carbocycles. The second kappa shape index (κ2) is 7.14. The van der Waals surface area contributed by atoms with E-state index in [1.165, 1.54) is 6.26 Å². The van der Waals surface area contributed by atoms with E-state index >= 15 is 0 Å². The van der Waals surface area contributed by atoms with Crippen LogP contribution < -0.4 is 0 Å². The quantitative estimate of drug-likeness (QED) is 0.777. The molecule has 0 N–H and O–H groups in total. The van der Waals surface area contributed by atoms with Crippen molar-refractivity contribution in [2.75, 3.05) is 26.0 Å². The zero-order valence-corrected chi connectivity index (χ0v) is 16.5. The Balaban J connectivity index is 1.42. The highest BCUT2D eigenvalue weighted by Gasteiger charge is 2.47. The van der Waals surface area contributed by atoms with Crippen molar-refractivity contribution < 1.29 is 17.9 Å². The Morgan fingerprint density at radius 3 is 2.56 bits per heavy atom. The molecule has 3 aliphatic rings. The Labute approximate surface area is 160 Å². The van der Waals surface area contributed by atoms with Gasteiger partial charge < -0.3 is 9.64 Å². The predicted octanol–water partition coefficient (Wildman–Crippen LogP) is 1.66. The highest BCUT2D eigenvalue weighted by molar-refractivity contribution is 7.88. The first-order chi connectivity index (χ1) is 12.9. The molecule has 1 atom stereocenters. The lowest BCUT2D eigenvalue weighted by molar-refractivity contribution is -0.123. The molecule has 0 radical (unpaired) electrons. The van der Waals surface area contributed by atoms with E-state index in [-0.39, 0.29) is 23.6 Å². The molecule has 27 heavy (non-hydrogen) atoms. The average Bonchev–Trinajstić information content (AvgIpc) is 3.46. The monoisotopic (exact) mass is 393 g/mol. The fourth-order valence-electron chi connectivity index (χ4n) is 4.50. The number of carbonyl (C=O) groups excluding carboxylic acids is 1. The van der Waals surface area contributed by atoms with Crippen molar-refractivity contribution in [3.8, 4) is 0 Å². The number of rotatable bonds is 4. The van der Waals surface area contributed by atoms with Gasteiger partial charge in [0.05, 0.1) is 11.9 Å². The molecule has 1 aromatic rings. The van der Waals surface area contributed by atoms with Gasteiger partial charge in [0.25, 0.3) is 5.91 Å². The van der Waals surface area contributed by atoms with Gasteiger partial charge in [-0.3, -0.25) is 9.78 Å². The molecule has 2 aliphatic heterocycles. The molecule has 1 spiro atoms. The molecule has 7 nitrogen and oxygen atoms in total. The van der Waals surface area contributed by atoms with Gasteiger partial charge in [0.2, 0.25) is 10.0 Å². The van der Waals surface area contributed by atoms with E-state index in [1.807, 2.05) is 11.0 Å². The zero-order chi connectivity index (χ0) is 19.1. The van der Waals surface area contributed by atoms with E-state index < -0.39 is 10.0 Å². The van der Waals surface area contributed by atoms with Gasteiger partial charge in [0, 0.05) is 38.0 Å². The lowest BCUT2D eigenvalue weighted by Gasteiger charge is -2.48. The number of sulfonamides is 1. The normalized spacial score (nSPS) is 25.7. The summed E-state index contributed by atoms with van der Waals surface area (Å²) in [5.41, 5.74) is 0.148.